The number of carboxylic acid groups (broad SMARTS) is 1. The molecule has 0 amide bonds. The SMILES string of the molecule is COc1cc2nc(-c3ccccc3C(F)(F)F)cc(C(=O)O)c2cc1OC. The standard InChI is InChI=1S/C19H14F3NO4/c1-26-16-8-11-12(18(24)25)7-14(23-15(11)9-17(16)27-2)10-5-3-4-6-13(10)19(20,21)22/h3-9H,1-2H3,(H,24,25). The molecule has 0 unspecified atom stereocenters. The van der Waals surface area contributed by atoms with Crippen molar-refractivity contribution >= 4 is 16.9 Å². The van der Waals surface area contributed by atoms with Gasteiger partial charge >= 0.3 is 12.1 Å². The van der Waals surface area contributed by atoms with E-state index in [1.807, 2.05) is 0 Å². The molecule has 3 rings (SSSR count). The van der Waals surface area contributed by atoms with E-state index < -0.39 is 17.7 Å². The first-order valence-corrected chi connectivity index (χ1v) is 7.73. The number of rotatable bonds is 4. The van der Waals surface area contributed by atoms with E-state index in [0.717, 1.165) is 12.1 Å². The Morgan fingerprint density at radius 1 is 1.04 bits per heavy atom. The molecule has 140 valence electrons. The summed E-state index contributed by atoms with van der Waals surface area (Å²) in [6.07, 6.45) is -4.60. The molecule has 5 nitrogen and oxygen atoms in total. The Kier molecular flexibility index (Phi) is 4.65. The van der Waals surface area contributed by atoms with Gasteiger partial charge in [-0.2, -0.15) is 13.2 Å². The van der Waals surface area contributed by atoms with Gasteiger partial charge < -0.3 is 14.6 Å². The van der Waals surface area contributed by atoms with Crippen LogP contribution in [0.5, 0.6) is 11.5 Å². The van der Waals surface area contributed by atoms with Gasteiger partial charge in [-0.05, 0) is 18.2 Å². The van der Waals surface area contributed by atoms with Gasteiger partial charge in [-0.25, -0.2) is 9.78 Å². The number of methoxy groups -OCH3 is 2. The molecular formula is C19H14F3NO4. The molecule has 0 aliphatic rings. The lowest BCUT2D eigenvalue weighted by atomic mass is 9.99. The summed E-state index contributed by atoms with van der Waals surface area (Å²) in [4.78, 5) is 16.0. The number of pyridine rings is 1. The molecular weight excluding hydrogens is 363 g/mol. The maximum absolute atomic E-state index is 13.3. The van der Waals surface area contributed by atoms with Gasteiger partial charge in [0, 0.05) is 17.0 Å². The number of aromatic carboxylic acids is 1. The second kappa shape index (κ2) is 6.79. The summed E-state index contributed by atoms with van der Waals surface area (Å²) in [6, 6.07) is 8.87. The smallest absolute Gasteiger partial charge is 0.417 e. The molecule has 3 aromatic rings. The molecule has 1 aromatic heterocycles. The van der Waals surface area contributed by atoms with Crippen molar-refractivity contribution in [1.29, 1.82) is 0 Å². The van der Waals surface area contributed by atoms with E-state index in [-0.39, 0.29) is 39.2 Å². The highest BCUT2D eigenvalue weighted by Crippen LogP contribution is 2.39. The number of ether oxygens (including phenoxy) is 2. The molecule has 27 heavy (non-hydrogen) atoms. The first-order chi connectivity index (χ1) is 12.8. The zero-order chi connectivity index (χ0) is 19.8. The van der Waals surface area contributed by atoms with E-state index >= 15 is 0 Å². The zero-order valence-corrected chi connectivity index (χ0v) is 14.3. The van der Waals surface area contributed by atoms with Crippen LogP contribution < -0.4 is 9.47 Å². The Labute approximate surface area is 152 Å². The average molecular weight is 377 g/mol. The highest BCUT2D eigenvalue weighted by Gasteiger charge is 2.34. The minimum absolute atomic E-state index is 0.0972. The van der Waals surface area contributed by atoms with Crippen LogP contribution in [0.1, 0.15) is 15.9 Å². The summed E-state index contributed by atoms with van der Waals surface area (Å²) in [5, 5.41) is 9.78. The molecule has 0 fully saturated rings. The number of benzene rings is 2. The van der Waals surface area contributed by atoms with E-state index in [2.05, 4.69) is 4.98 Å². The summed E-state index contributed by atoms with van der Waals surface area (Å²) in [5.74, 6) is -0.715. The lowest BCUT2D eigenvalue weighted by Crippen LogP contribution is -2.08. The Morgan fingerprint density at radius 2 is 1.67 bits per heavy atom. The van der Waals surface area contributed by atoms with E-state index in [1.165, 1.54) is 44.6 Å². The zero-order valence-electron chi connectivity index (χ0n) is 14.3. The molecule has 0 spiro atoms. The van der Waals surface area contributed by atoms with Crippen LogP contribution in [0.3, 0.4) is 0 Å². The van der Waals surface area contributed by atoms with Crippen molar-refractivity contribution in [2.45, 2.75) is 6.18 Å². The molecule has 0 radical (unpaired) electrons. The Balaban J connectivity index is 2.35. The fourth-order valence-electron chi connectivity index (χ4n) is 2.82. The molecule has 8 heteroatoms. The second-order valence-corrected chi connectivity index (χ2v) is 5.63. The summed E-state index contributed by atoms with van der Waals surface area (Å²) < 4.78 is 50.4. The van der Waals surface area contributed by atoms with Crippen LogP contribution in [0.25, 0.3) is 22.2 Å². The quantitative estimate of drug-likeness (QED) is 0.718. The van der Waals surface area contributed by atoms with E-state index in [9.17, 15) is 23.1 Å². The van der Waals surface area contributed by atoms with Crippen molar-refractivity contribution in [3.8, 4) is 22.8 Å². The summed E-state index contributed by atoms with van der Waals surface area (Å²) in [6.45, 7) is 0. The van der Waals surface area contributed by atoms with Gasteiger partial charge in [0.2, 0.25) is 0 Å². The molecule has 0 aliphatic heterocycles. The normalized spacial score (nSPS) is 11.4. The van der Waals surface area contributed by atoms with Crippen molar-refractivity contribution in [1.82, 2.24) is 4.98 Å². The number of hydrogen-bond acceptors (Lipinski definition) is 4. The highest BCUT2D eigenvalue weighted by atomic mass is 19.4. The Hall–Kier alpha value is -3.29. The molecule has 0 atom stereocenters. The topological polar surface area (TPSA) is 68.7 Å². The van der Waals surface area contributed by atoms with Gasteiger partial charge in [0.1, 0.15) is 0 Å². The summed E-state index contributed by atoms with van der Waals surface area (Å²) in [5.41, 5.74) is -1.20. The lowest BCUT2D eigenvalue weighted by molar-refractivity contribution is -0.137. The monoisotopic (exact) mass is 377 g/mol. The second-order valence-electron chi connectivity index (χ2n) is 5.63. The number of nitrogens with zero attached hydrogens (tertiary/aromatic N) is 1. The van der Waals surface area contributed by atoms with E-state index in [4.69, 9.17) is 9.47 Å². The van der Waals surface area contributed by atoms with Crippen LogP contribution in [-0.2, 0) is 6.18 Å². The molecule has 1 heterocycles. The van der Waals surface area contributed by atoms with Crippen molar-refractivity contribution in [3.63, 3.8) is 0 Å². The number of aromatic nitrogens is 1. The molecule has 1 N–H and O–H groups in total. The fraction of sp³-hybridized carbons (Fsp3) is 0.158. The minimum Gasteiger partial charge on any atom is -0.493 e. The third kappa shape index (κ3) is 3.38. The molecule has 0 saturated carbocycles. The van der Waals surface area contributed by atoms with Crippen LogP contribution in [-0.4, -0.2) is 30.3 Å². The van der Waals surface area contributed by atoms with Gasteiger partial charge in [0.05, 0.1) is 36.6 Å². The number of fused-ring (bicyclic) bond motifs is 1. The first-order valence-electron chi connectivity index (χ1n) is 7.73. The Bertz CT molecular complexity index is 1030. The lowest BCUT2D eigenvalue weighted by Gasteiger charge is -2.15. The van der Waals surface area contributed by atoms with Crippen LogP contribution in [0.2, 0.25) is 0 Å². The van der Waals surface area contributed by atoms with E-state index in [0.29, 0.717) is 0 Å². The summed E-state index contributed by atoms with van der Waals surface area (Å²) >= 11 is 0. The number of carbonyl (C=O) groups is 1. The van der Waals surface area contributed by atoms with Crippen molar-refractivity contribution in [2.24, 2.45) is 0 Å². The van der Waals surface area contributed by atoms with Crippen LogP contribution >= 0.6 is 0 Å². The van der Waals surface area contributed by atoms with Crippen LogP contribution in [0.4, 0.5) is 13.2 Å². The largest absolute Gasteiger partial charge is 0.493 e. The van der Waals surface area contributed by atoms with Gasteiger partial charge in [0.25, 0.3) is 0 Å². The Morgan fingerprint density at radius 3 is 2.26 bits per heavy atom. The van der Waals surface area contributed by atoms with Gasteiger partial charge in [-0.15, -0.1) is 0 Å². The molecule has 2 aromatic carbocycles. The average Bonchev–Trinajstić information content (AvgIpc) is 2.65. The van der Waals surface area contributed by atoms with Crippen LogP contribution in [0, 0.1) is 0 Å². The minimum atomic E-state index is -4.60. The maximum atomic E-state index is 13.3. The number of halogens is 3. The third-order valence-corrected chi connectivity index (χ3v) is 4.05. The summed E-state index contributed by atoms with van der Waals surface area (Å²) in [7, 11) is 2.79. The van der Waals surface area contributed by atoms with Crippen molar-refractivity contribution in [3.05, 3.63) is 53.6 Å². The van der Waals surface area contributed by atoms with Crippen LogP contribution in [0.15, 0.2) is 42.5 Å². The fourth-order valence-corrected chi connectivity index (χ4v) is 2.82. The number of hydrogen-bond donors (Lipinski definition) is 1. The molecule has 0 aliphatic carbocycles. The van der Waals surface area contributed by atoms with Crippen molar-refractivity contribution in [2.75, 3.05) is 14.2 Å². The third-order valence-electron chi connectivity index (χ3n) is 4.05. The first kappa shape index (κ1) is 18.5. The molecule has 0 bridgehead atoms. The predicted octanol–water partition coefficient (Wildman–Crippen LogP) is 4.64. The maximum Gasteiger partial charge on any atom is 0.417 e. The van der Waals surface area contributed by atoms with E-state index in [1.54, 1.807) is 0 Å². The van der Waals surface area contributed by atoms with Gasteiger partial charge in [-0.3, -0.25) is 0 Å². The van der Waals surface area contributed by atoms with Gasteiger partial charge in [0.15, 0.2) is 11.5 Å². The highest BCUT2D eigenvalue weighted by molar-refractivity contribution is 6.04. The number of alkyl halides is 3. The number of carboxylic acids is 1. The van der Waals surface area contributed by atoms with Crippen molar-refractivity contribution < 1.29 is 32.5 Å². The predicted molar refractivity (Wildman–Crippen MR) is 92.2 cm³/mol. The van der Waals surface area contributed by atoms with Gasteiger partial charge in [-0.1, -0.05) is 18.2 Å². The molecule has 0 saturated heterocycles.